The number of amides is 1. The van der Waals surface area contributed by atoms with Crippen LogP contribution in [0, 0.1) is 13.8 Å². The van der Waals surface area contributed by atoms with Crippen LogP contribution in [0.15, 0.2) is 23.6 Å². The van der Waals surface area contributed by atoms with Gasteiger partial charge in [0.1, 0.15) is 0 Å². The predicted octanol–water partition coefficient (Wildman–Crippen LogP) is 4.17. The molecule has 0 unspecified atom stereocenters. The molecule has 2 rings (SSSR count). The van der Waals surface area contributed by atoms with Crippen LogP contribution in [0.5, 0.6) is 0 Å². The Labute approximate surface area is 125 Å². The number of thiazole rings is 1. The first kappa shape index (κ1) is 14.3. The van der Waals surface area contributed by atoms with Gasteiger partial charge in [0, 0.05) is 10.9 Å². The lowest BCUT2D eigenvalue weighted by Gasteiger charge is -2.04. The van der Waals surface area contributed by atoms with Crippen molar-refractivity contribution in [2.45, 2.75) is 18.7 Å². The Balaban J connectivity index is 2.23. The summed E-state index contributed by atoms with van der Waals surface area (Å²) < 4.78 is 0. The van der Waals surface area contributed by atoms with Gasteiger partial charge in [0.25, 0.3) is 5.91 Å². The van der Waals surface area contributed by atoms with E-state index in [1.165, 1.54) is 16.9 Å². The van der Waals surface area contributed by atoms with E-state index in [0.717, 1.165) is 16.8 Å². The standard InChI is InChI=1S/C13H12Cl2N2OS/c1-7-3-4-9(8(2)5-7)10-6-19-13(16-10)17-12(18)11(14)15/h3-6,11H,1-2H3,(H,16,17,18). The van der Waals surface area contributed by atoms with Crippen molar-refractivity contribution in [2.75, 3.05) is 5.32 Å². The van der Waals surface area contributed by atoms with E-state index in [1.807, 2.05) is 31.4 Å². The van der Waals surface area contributed by atoms with Gasteiger partial charge in [-0.3, -0.25) is 10.1 Å². The molecule has 1 aromatic heterocycles. The van der Waals surface area contributed by atoms with Crippen molar-refractivity contribution >= 4 is 45.6 Å². The highest BCUT2D eigenvalue weighted by Crippen LogP contribution is 2.28. The number of rotatable bonds is 3. The number of nitrogens with zero attached hydrogens (tertiary/aromatic N) is 1. The number of aromatic nitrogens is 1. The zero-order valence-corrected chi connectivity index (χ0v) is 12.7. The number of halogens is 2. The van der Waals surface area contributed by atoms with Crippen molar-refractivity contribution in [1.82, 2.24) is 4.98 Å². The molecule has 1 heterocycles. The molecule has 0 aliphatic carbocycles. The number of alkyl halides is 2. The first-order chi connectivity index (χ1) is 8.97. The second-order valence-corrected chi connectivity index (χ2v) is 6.10. The average molecular weight is 315 g/mol. The fraction of sp³-hybridized carbons (Fsp3) is 0.231. The van der Waals surface area contributed by atoms with Gasteiger partial charge in [0.05, 0.1) is 5.69 Å². The molecule has 6 heteroatoms. The van der Waals surface area contributed by atoms with Crippen molar-refractivity contribution in [3.63, 3.8) is 0 Å². The summed E-state index contributed by atoms with van der Waals surface area (Å²) >= 11 is 12.3. The van der Waals surface area contributed by atoms with E-state index in [2.05, 4.69) is 16.4 Å². The molecule has 1 aromatic carbocycles. The van der Waals surface area contributed by atoms with Crippen molar-refractivity contribution in [2.24, 2.45) is 0 Å². The van der Waals surface area contributed by atoms with Crippen LogP contribution in [0.4, 0.5) is 5.13 Å². The summed E-state index contributed by atoms with van der Waals surface area (Å²) in [7, 11) is 0. The molecule has 0 radical (unpaired) electrons. The average Bonchev–Trinajstić information content (AvgIpc) is 2.77. The Kier molecular flexibility index (Phi) is 4.45. The molecular formula is C13H12Cl2N2OS. The molecular weight excluding hydrogens is 303 g/mol. The largest absolute Gasteiger partial charge is 0.300 e. The van der Waals surface area contributed by atoms with E-state index < -0.39 is 10.7 Å². The molecule has 3 nitrogen and oxygen atoms in total. The lowest BCUT2D eigenvalue weighted by Crippen LogP contribution is -2.18. The molecule has 0 atom stereocenters. The van der Waals surface area contributed by atoms with E-state index in [9.17, 15) is 4.79 Å². The van der Waals surface area contributed by atoms with Gasteiger partial charge in [-0.05, 0) is 19.4 Å². The Morgan fingerprint density at radius 3 is 2.74 bits per heavy atom. The van der Waals surface area contributed by atoms with Gasteiger partial charge in [0.15, 0.2) is 9.97 Å². The number of hydrogen-bond acceptors (Lipinski definition) is 3. The Morgan fingerprint density at radius 1 is 1.37 bits per heavy atom. The van der Waals surface area contributed by atoms with Gasteiger partial charge in [-0.25, -0.2) is 4.98 Å². The van der Waals surface area contributed by atoms with Crippen LogP contribution in [0.25, 0.3) is 11.3 Å². The molecule has 0 fully saturated rings. The number of nitrogens with one attached hydrogen (secondary N) is 1. The number of anilines is 1. The van der Waals surface area contributed by atoms with E-state index in [0.29, 0.717) is 5.13 Å². The zero-order valence-electron chi connectivity index (χ0n) is 10.4. The summed E-state index contributed by atoms with van der Waals surface area (Å²) in [5, 5.41) is 4.95. The van der Waals surface area contributed by atoms with Crippen LogP contribution >= 0.6 is 34.5 Å². The smallest absolute Gasteiger partial charge is 0.259 e. The molecule has 0 aliphatic heterocycles. The molecule has 19 heavy (non-hydrogen) atoms. The van der Waals surface area contributed by atoms with Crippen LogP contribution < -0.4 is 5.32 Å². The fourth-order valence-electron chi connectivity index (χ4n) is 1.72. The number of hydrogen-bond donors (Lipinski definition) is 1. The summed E-state index contributed by atoms with van der Waals surface area (Å²) in [5.41, 5.74) is 4.24. The maximum Gasteiger partial charge on any atom is 0.259 e. The second-order valence-electron chi connectivity index (χ2n) is 4.15. The van der Waals surface area contributed by atoms with Crippen molar-refractivity contribution < 1.29 is 4.79 Å². The van der Waals surface area contributed by atoms with Gasteiger partial charge in [0.2, 0.25) is 0 Å². The van der Waals surface area contributed by atoms with Crippen LogP contribution in [0.3, 0.4) is 0 Å². The highest BCUT2D eigenvalue weighted by molar-refractivity contribution is 7.14. The Bertz CT molecular complexity index is 610. The van der Waals surface area contributed by atoms with E-state index in [4.69, 9.17) is 23.2 Å². The van der Waals surface area contributed by atoms with Gasteiger partial charge < -0.3 is 0 Å². The molecule has 1 N–H and O–H groups in total. The van der Waals surface area contributed by atoms with Crippen molar-refractivity contribution in [3.8, 4) is 11.3 Å². The van der Waals surface area contributed by atoms with Crippen molar-refractivity contribution in [3.05, 3.63) is 34.7 Å². The maximum atomic E-state index is 11.4. The van der Waals surface area contributed by atoms with Gasteiger partial charge >= 0.3 is 0 Å². The number of carbonyl (C=O) groups excluding carboxylic acids is 1. The quantitative estimate of drug-likeness (QED) is 0.864. The minimum Gasteiger partial charge on any atom is -0.300 e. The lowest BCUT2D eigenvalue weighted by atomic mass is 10.0. The topological polar surface area (TPSA) is 42.0 Å². The minimum absolute atomic E-state index is 0.468. The van der Waals surface area contributed by atoms with E-state index in [1.54, 1.807) is 0 Å². The molecule has 100 valence electrons. The van der Waals surface area contributed by atoms with Gasteiger partial charge in [-0.15, -0.1) is 11.3 Å². The third-order valence-corrected chi connectivity index (χ3v) is 3.74. The summed E-state index contributed by atoms with van der Waals surface area (Å²) in [4.78, 5) is 14.6. The maximum absolute atomic E-state index is 11.4. The Hall–Kier alpha value is -1.10. The number of carbonyl (C=O) groups is 1. The minimum atomic E-state index is -1.09. The summed E-state index contributed by atoms with van der Waals surface area (Å²) in [6, 6.07) is 6.16. The zero-order chi connectivity index (χ0) is 14.0. The predicted molar refractivity (Wildman–Crippen MR) is 81.1 cm³/mol. The number of aryl methyl sites for hydroxylation is 2. The van der Waals surface area contributed by atoms with Crippen molar-refractivity contribution in [1.29, 1.82) is 0 Å². The highest BCUT2D eigenvalue weighted by atomic mass is 35.5. The van der Waals surface area contributed by atoms with E-state index >= 15 is 0 Å². The normalized spacial score (nSPS) is 10.8. The monoisotopic (exact) mass is 314 g/mol. The molecule has 2 aromatic rings. The third-order valence-electron chi connectivity index (χ3n) is 2.59. The van der Waals surface area contributed by atoms with E-state index in [-0.39, 0.29) is 0 Å². The molecule has 0 saturated carbocycles. The summed E-state index contributed by atoms with van der Waals surface area (Å²) in [6.07, 6.45) is 0. The molecule has 0 saturated heterocycles. The van der Waals surface area contributed by atoms with Crippen LogP contribution in [-0.2, 0) is 4.79 Å². The van der Waals surface area contributed by atoms with Crippen LogP contribution in [0.2, 0.25) is 0 Å². The molecule has 1 amide bonds. The Morgan fingerprint density at radius 2 is 2.11 bits per heavy atom. The molecule has 0 bridgehead atoms. The third kappa shape index (κ3) is 3.47. The first-order valence-corrected chi connectivity index (χ1v) is 7.35. The second kappa shape index (κ2) is 5.90. The molecule has 0 spiro atoms. The highest BCUT2D eigenvalue weighted by Gasteiger charge is 2.14. The first-order valence-electron chi connectivity index (χ1n) is 5.59. The summed E-state index contributed by atoms with van der Waals surface area (Å²) in [6.45, 7) is 4.08. The molecule has 0 aliphatic rings. The fourth-order valence-corrected chi connectivity index (χ4v) is 2.54. The van der Waals surface area contributed by atoms with Gasteiger partial charge in [-0.1, -0.05) is 47.0 Å². The lowest BCUT2D eigenvalue weighted by molar-refractivity contribution is -0.114. The number of benzene rings is 1. The SMILES string of the molecule is Cc1ccc(-c2csc(NC(=O)C(Cl)Cl)n2)c(C)c1. The van der Waals surface area contributed by atoms with Gasteiger partial charge in [-0.2, -0.15) is 0 Å². The van der Waals surface area contributed by atoms with Crippen LogP contribution in [0.1, 0.15) is 11.1 Å². The summed E-state index contributed by atoms with van der Waals surface area (Å²) in [5.74, 6) is -0.468. The van der Waals surface area contributed by atoms with Crippen LogP contribution in [-0.4, -0.2) is 15.7 Å².